The average molecular weight is 516 g/mol. The number of ether oxygens (including phenoxy) is 1. The van der Waals surface area contributed by atoms with Crippen LogP contribution in [-0.4, -0.2) is 34.9 Å². The van der Waals surface area contributed by atoms with Crippen molar-refractivity contribution >= 4 is 50.9 Å². The van der Waals surface area contributed by atoms with E-state index in [-0.39, 0.29) is 25.0 Å². The minimum Gasteiger partial charge on any atom is -0.482 e. The lowest BCUT2D eigenvalue weighted by Crippen LogP contribution is -2.53. The van der Waals surface area contributed by atoms with E-state index < -0.39 is 11.6 Å². The first kappa shape index (κ1) is 24.5. The fourth-order valence-electron chi connectivity index (χ4n) is 2.70. The van der Waals surface area contributed by atoms with Crippen LogP contribution in [0, 0.1) is 0 Å². The normalized spacial score (nSPS) is 12.2. The Kier molecular flexibility index (Phi) is 8.59. The van der Waals surface area contributed by atoms with Gasteiger partial charge in [-0.3, -0.25) is 9.59 Å². The smallest absolute Gasteiger partial charge is 0.261 e. The van der Waals surface area contributed by atoms with Gasteiger partial charge in [-0.2, -0.15) is 0 Å². The minimum absolute atomic E-state index is 0.218. The summed E-state index contributed by atoms with van der Waals surface area (Å²) in [5, 5.41) is 3.86. The molecule has 0 saturated heterocycles. The highest BCUT2D eigenvalue weighted by Gasteiger charge is 2.28. The quantitative estimate of drug-likeness (QED) is 0.532. The van der Waals surface area contributed by atoms with Gasteiger partial charge in [0.25, 0.3) is 5.91 Å². The van der Waals surface area contributed by atoms with E-state index in [0.717, 1.165) is 10.0 Å². The van der Waals surface area contributed by atoms with Crippen molar-refractivity contribution in [3.05, 3.63) is 62.5 Å². The van der Waals surface area contributed by atoms with Gasteiger partial charge in [0.2, 0.25) is 5.91 Å². The standard InChI is InChI=1S/C22H25BrCl2N2O3/c1-14(21(29)26-22(2,3)4)27(12-15-6-5-7-17(24)10-15)20(28)13-30-19-9-8-16(23)11-18(19)25/h5-11,14H,12-13H2,1-4H3,(H,26,29)/t14-/m1/s1. The maximum Gasteiger partial charge on any atom is 0.261 e. The highest BCUT2D eigenvalue weighted by atomic mass is 79.9. The van der Waals surface area contributed by atoms with Crippen molar-refractivity contribution in [3.63, 3.8) is 0 Å². The Hall–Kier alpha value is -1.76. The Morgan fingerprint density at radius 2 is 1.87 bits per heavy atom. The van der Waals surface area contributed by atoms with E-state index in [1.807, 2.05) is 26.8 Å². The molecule has 0 saturated carbocycles. The monoisotopic (exact) mass is 514 g/mol. The summed E-state index contributed by atoms with van der Waals surface area (Å²) >= 11 is 15.6. The SMILES string of the molecule is C[C@H](C(=O)NC(C)(C)C)N(Cc1cccc(Cl)c1)C(=O)COc1ccc(Br)cc1Cl. The molecule has 2 aromatic carbocycles. The van der Waals surface area contributed by atoms with Gasteiger partial charge in [0.05, 0.1) is 5.02 Å². The lowest BCUT2D eigenvalue weighted by Gasteiger charge is -2.31. The summed E-state index contributed by atoms with van der Waals surface area (Å²) in [5.41, 5.74) is 0.394. The molecule has 0 bridgehead atoms. The molecule has 0 fully saturated rings. The molecule has 0 heterocycles. The van der Waals surface area contributed by atoms with Gasteiger partial charge in [0.15, 0.2) is 6.61 Å². The predicted molar refractivity (Wildman–Crippen MR) is 124 cm³/mol. The number of rotatable bonds is 7. The van der Waals surface area contributed by atoms with E-state index in [2.05, 4.69) is 21.2 Å². The van der Waals surface area contributed by atoms with E-state index in [4.69, 9.17) is 27.9 Å². The van der Waals surface area contributed by atoms with Crippen LogP contribution in [0.25, 0.3) is 0 Å². The number of hydrogen-bond donors (Lipinski definition) is 1. The van der Waals surface area contributed by atoms with Crippen molar-refractivity contribution in [2.24, 2.45) is 0 Å². The second-order valence-electron chi connectivity index (χ2n) is 7.93. The summed E-state index contributed by atoms with van der Waals surface area (Å²) < 4.78 is 6.43. The van der Waals surface area contributed by atoms with Gasteiger partial charge in [-0.05, 0) is 63.6 Å². The summed E-state index contributed by atoms with van der Waals surface area (Å²) in [6, 6.07) is 11.6. The van der Waals surface area contributed by atoms with Crippen LogP contribution in [0.5, 0.6) is 5.75 Å². The molecule has 5 nitrogen and oxygen atoms in total. The van der Waals surface area contributed by atoms with Gasteiger partial charge in [-0.25, -0.2) is 0 Å². The van der Waals surface area contributed by atoms with E-state index in [1.165, 1.54) is 4.90 Å². The van der Waals surface area contributed by atoms with Gasteiger partial charge >= 0.3 is 0 Å². The van der Waals surface area contributed by atoms with Gasteiger partial charge in [-0.15, -0.1) is 0 Å². The topological polar surface area (TPSA) is 58.6 Å². The Morgan fingerprint density at radius 1 is 1.17 bits per heavy atom. The Labute approximate surface area is 195 Å². The lowest BCUT2D eigenvalue weighted by molar-refractivity contribution is -0.142. The molecule has 1 N–H and O–H groups in total. The molecule has 8 heteroatoms. The summed E-state index contributed by atoms with van der Waals surface area (Å²) in [6.07, 6.45) is 0. The highest BCUT2D eigenvalue weighted by Crippen LogP contribution is 2.28. The fraction of sp³-hybridized carbons (Fsp3) is 0.364. The van der Waals surface area contributed by atoms with E-state index >= 15 is 0 Å². The highest BCUT2D eigenvalue weighted by molar-refractivity contribution is 9.10. The van der Waals surface area contributed by atoms with Crippen LogP contribution in [0.1, 0.15) is 33.3 Å². The molecular weight excluding hydrogens is 491 g/mol. The molecule has 162 valence electrons. The first-order chi connectivity index (χ1) is 14.0. The molecule has 2 aromatic rings. The van der Waals surface area contributed by atoms with Crippen LogP contribution in [0.2, 0.25) is 10.0 Å². The maximum absolute atomic E-state index is 13.0. The predicted octanol–water partition coefficient (Wildman–Crippen LogP) is 5.47. The zero-order valence-electron chi connectivity index (χ0n) is 17.3. The first-order valence-electron chi connectivity index (χ1n) is 9.40. The number of nitrogens with zero attached hydrogens (tertiary/aromatic N) is 1. The molecule has 1 atom stereocenters. The van der Waals surface area contributed by atoms with Crippen molar-refractivity contribution in [1.82, 2.24) is 10.2 Å². The molecule has 0 aliphatic heterocycles. The molecule has 2 rings (SSSR count). The van der Waals surface area contributed by atoms with E-state index in [0.29, 0.717) is 15.8 Å². The number of nitrogens with one attached hydrogen (secondary N) is 1. The summed E-state index contributed by atoms with van der Waals surface area (Å²) in [5.74, 6) is -0.201. The molecule has 0 aliphatic carbocycles. The molecule has 0 spiro atoms. The van der Waals surface area contributed by atoms with Crippen LogP contribution in [0.15, 0.2) is 46.9 Å². The van der Waals surface area contributed by atoms with Gasteiger partial charge in [0.1, 0.15) is 11.8 Å². The Morgan fingerprint density at radius 3 is 2.47 bits per heavy atom. The molecule has 0 aliphatic rings. The molecule has 2 amide bonds. The van der Waals surface area contributed by atoms with E-state index in [9.17, 15) is 9.59 Å². The number of amides is 2. The zero-order chi connectivity index (χ0) is 22.5. The van der Waals surface area contributed by atoms with E-state index in [1.54, 1.807) is 43.3 Å². The van der Waals surface area contributed by atoms with Crippen LogP contribution >= 0.6 is 39.1 Å². The van der Waals surface area contributed by atoms with Gasteiger partial charge in [-0.1, -0.05) is 51.3 Å². The summed E-state index contributed by atoms with van der Waals surface area (Å²) in [7, 11) is 0. The number of benzene rings is 2. The number of carbonyl (C=O) groups excluding carboxylic acids is 2. The number of halogens is 3. The average Bonchev–Trinajstić information content (AvgIpc) is 2.63. The fourth-order valence-corrected chi connectivity index (χ4v) is 3.64. The van der Waals surface area contributed by atoms with Crippen molar-refractivity contribution < 1.29 is 14.3 Å². The van der Waals surface area contributed by atoms with Crippen molar-refractivity contribution in [2.75, 3.05) is 6.61 Å². The first-order valence-corrected chi connectivity index (χ1v) is 10.9. The molecule has 0 radical (unpaired) electrons. The summed E-state index contributed by atoms with van der Waals surface area (Å²) in [6.45, 7) is 7.32. The Balaban J connectivity index is 2.20. The third-order valence-corrected chi connectivity index (χ3v) is 5.18. The third-order valence-electron chi connectivity index (χ3n) is 4.15. The van der Waals surface area contributed by atoms with Crippen molar-refractivity contribution in [2.45, 2.75) is 45.8 Å². The van der Waals surface area contributed by atoms with Gasteiger partial charge < -0.3 is 15.0 Å². The van der Waals surface area contributed by atoms with Crippen LogP contribution in [-0.2, 0) is 16.1 Å². The molecule has 0 unspecified atom stereocenters. The lowest BCUT2D eigenvalue weighted by atomic mass is 10.1. The van der Waals surface area contributed by atoms with Crippen molar-refractivity contribution in [1.29, 1.82) is 0 Å². The third kappa shape index (κ3) is 7.49. The van der Waals surface area contributed by atoms with Crippen LogP contribution < -0.4 is 10.1 Å². The largest absolute Gasteiger partial charge is 0.482 e. The maximum atomic E-state index is 13.0. The van der Waals surface area contributed by atoms with Crippen molar-refractivity contribution in [3.8, 4) is 5.75 Å². The number of hydrogen-bond acceptors (Lipinski definition) is 3. The summed E-state index contributed by atoms with van der Waals surface area (Å²) in [4.78, 5) is 27.2. The molecular formula is C22H25BrCl2N2O3. The Bertz CT molecular complexity index is 915. The van der Waals surface area contributed by atoms with Gasteiger partial charge in [0, 0.05) is 21.6 Å². The van der Waals surface area contributed by atoms with Crippen LogP contribution in [0.4, 0.5) is 0 Å². The zero-order valence-corrected chi connectivity index (χ0v) is 20.4. The number of carbonyl (C=O) groups is 2. The van der Waals surface area contributed by atoms with Crippen LogP contribution in [0.3, 0.4) is 0 Å². The second-order valence-corrected chi connectivity index (χ2v) is 9.69. The molecule has 0 aromatic heterocycles. The molecule has 30 heavy (non-hydrogen) atoms. The second kappa shape index (κ2) is 10.5. The minimum atomic E-state index is -0.709.